The van der Waals surface area contributed by atoms with Gasteiger partial charge in [0.1, 0.15) is 11.3 Å². The van der Waals surface area contributed by atoms with Gasteiger partial charge < -0.3 is 20.1 Å². The number of carboxylic acids is 1. The Morgan fingerprint density at radius 3 is 2.64 bits per heavy atom. The van der Waals surface area contributed by atoms with Crippen molar-refractivity contribution in [1.29, 1.82) is 0 Å². The van der Waals surface area contributed by atoms with E-state index in [2.05, 4.69) is 5.10 Å². The number of hydrogen-bond acceptors (Lipinski definition) is 5. The number of fused-ring (bicyclic) bond motifs is 3. The molecule has 3 heterocycles. The lowest BCUT2D eigenvalue weighted by molar-refractivity contribution is 0.0694. The number of aromatic carboxylic acids is 1. The average molecular weight is 380 g/mol. The Kier molecular flexibility index (Phi) is 3.99. The quantitative estimate of drug-likeness (QED) is 0.699. The molecular formula is C19H16N4O5. The molecule has 142 valence electrons. The number of nitrogens with two attached hydrogens (primary N) is 1. The SMILES string of the molecule is COc1cccc(C(N)=O)c1-c1cc2n(n1)CCn1cc(C(=O)O)c(=O)cc1-2. The summed E-state index contributed by atoms with van der Waals surface area (Å²) in [5.74, 6) is -1.42. The number of methoxy groups -OCH3 is 1. The fourth-order valence-electron chi connectivity index (χ4n) is 3.43. The van der Waals surface area contributed by atoms with Gasteiger partial charge in [-0.1, -0.05) is 6.07 Å². The van der Waals surface area contributed by atoms with E-state index in [4.69, 9.17) is 15.6 Å². The standard InChI is InChI=1S/C19H16N4O5/c1-28-16-4-2-3-10(18(20)25)17(16)12-7-14-13-8-15(24)11(19(26)27)9-22(13)5-6-23(14)21-12/h2-4,7-9H,5-6H2,1H3,(H2,20,25)(H,26,27). The minimum atomic E-state index is -1.26. The second-order valence-electron chi connectivity index (χ2n) is 6.32. The predicted molar refractivity (Wildman–Crippen MR) is 99.4 cm³/mol. The van der Waals surface area contributed by atoms with E-state index < -0.39 is 17.3 Å². The van der Waals surface area contributed by atoms with Crippen LogP contribution in [0.15, 0.2) is 41.3 Å². The van der Waals surface area contributed by atoms with Crippen molar-refractivity contribution in [3.63, 3.8) is 0 Å². The van der Waals surface area contributed by atoms with Gasteiger partial charge in [0.05, 0.1) is 41.9 Å². The maximum absolute atomic E-state index is 12.2. The second kappa shape index (κ2) is 6.38. The molecule has 0 aliphatic carbocycles. The highest BCUT2D eigenvalue weighted by atomic mass is 16.5. The van der Waals surface area contributed by atoms with E-state index >= 15 is 0 Å². The number of amides is 1. The molecule has 0 atom stereocenters. The largest absolute Gasteiger partial charge is 0.496 e. The zero-order chi connectivity index (χ0) is 20.0. The van der Waals surface area contributed by atoms with E-state index in [1.165, 1.54) is 19.4 Å². The highest BCUT2D eigenvalue weighted by Gasteiger charge is 2.24. The average Bonchev–Trinajstić information content (AvgIpc) is 3.11. The van der Waals surface area contributed by atoms with Crippen molar-refractivity contribution in [2.24, 2.45) is 5.73 Å². The number of carbonyl (C=O) groups excluding carboxylic acids is 1. The van der Waals surface area contributed by atoms with Crippen LogP contribution in [0.3, 0.4) is 0 Å². The zero-order valence-corrected chi connectivity index (χ0v) is 14.9. The summed E-state index contributed by atoms with van der Waals surface area (Å²) >= 11 is 0. The predicted octanol–water partition coefficient (Wildman–Crippen LogP) is 1.20. The van der Waals surface area contributed by atoms with Crippen LogP contribution < -0.4 is 15.9 Å². The maximum Gasteiger partial charge on any atom is 0.341 e. The highest BCUT2D eigenvalue weighted by molar-refractivity contribution is 6.01. The lowest BCUT2D eigenvalue weighted by Crippen LogP contribution is -2.24. The molecule has 1 aliphatic rings. The number of pyridine rings is 1. The molecule has 1 aliphatic heterocycles. The fraction of sp³-hybridized carbons (Fsp3) is 0.158. The molecule has 0 radical (unpaired) electrons. The summed E-state index contributed by atoms with van der Waals surface area (Å²) in [7, 11) is 1.49. The molecule has 0 spiro atoms. The minimum Gasteiger partial charge on any atom is -0.496 e. The van der Waals surface area contributed by atoms with Gasteiger partial charge in [-0.2, -0.15) is 5.10 Å². The molecule has 9 heteroatoms. The third kappa shape index (κ3) is 2.64. The maximum atomic E-state index is 12.2. The van der Waals surface area contributed by atoms with Crippen LogP contribution in [0.25, 0.3) is 22.6 Å². The first-order chi connectivity index (χ1) is 13.4. The number of nitrogens with zero attached hydrogens (tertiary/aromatic N) is 3. The third-order valence-electron chi connectivity index (χ3n) is 4.72. The van der Waals surface area contributed by atoms with Crippen molar-refractivity contribution in [2.45, 2.75) is 13.1 Å². The van der Waals surface area contributed by atoms with Crippen molar-refractivity contribution in [3.8, 4) is 28.4 Å². The summed E-state index contributed by atoms with van der Waals surface area (Å²) in [6, 6.07) is 7.99. The van der Waals surface area contributed by atoms with Crippen LogP contribution >= 0.6 is 0 Å². The lowest BCUT2D eigenvalue weighted by Gasteiger charge is -2.20. The zero-order valence-electron chi connectivity index (χ0n) is 14.9. The number of carboxylic acid groups (broad SMARTS) is 1. The molecule has 4 rings (SSSR count). The number of aromatic nitrogens is 3. The molecule has 3 N–H and O–H groups in total. The van der Waals surface area contributed by atoms with Crippen LogP contribution in [0.5, 0.6) is 5.75 Å². The Morgan fingerprint density at radius 1 is 1.18 bits per heavy atom. The molecule has 0 saturated heterocycles. The van der Waals surface area contributed by atoms with Gasteiger partial charge in [0.2, 0.25) is 5.91 Å². The smallest absolute Gasteiger partial charge is 0.341 e. The number of hydrogen-bond donors (Lipinski definition) is 2. The van der Waals surface area contributed by atoms with Gasteiger partial charge in [0.25, 0.3) is 0 Å². The number of carbonyl (C=O) groups is 2. The van der Waals surface area contributed by atoms with Gasteiger partial charge in [-0.05, 0) is 18.2 Å². The lowest BCUT2D eigenvalue weighted by atomic mass is 10.0. The Balaban J connectivity index is 1.92. The van der Waals surface area contributed by atoms with Crippen molar-refractivity contribution in [3.05, 3.63) is 57.9 Å². The Bertz CT molecular complexity index is 1190. The van der Waals surface area contributed by atoms with Gasteiger partial charge in [0.15, 0.2) is 5.43 Å². The van der Waals surface area contributed by atoms with Gasteiger partial charge in [0, 0.05) is 18.8 Å². The van der Waals surface area contributed by atoms with Crippen LogP contribution in [-0.2, 0) is 13.1 Å². The van der Waals surface area contributed by atoms with Crippen molar-refractivity contribution in [2.75, 3.05) is 7.11 Å². The van der Waals surface area contributed by atoms with Crippen molar-refractivity contribution < 1.29 is 19.4 Å². The molecule has 0 fully saturated rings. The topological polar surface area (TPSA) is 129 Å². The summed E-state index contributed by atoms with van der Waals surface area (Å²) in [6.07, 6.45) is 1.34. The number of rotatable bonds is 4. The molecule has 0 unspecified atom stereocenters. The van der Waals surface area contributed by atoms with Gasteiger partial charge in [-0.15, -0.1) is 0 Å². The molecule has 28 heavy (non-hydrogen) atoms. The first-order valence-corrected chi connectivity index (χ1v) is 8.44. The van der Waals surface area contributed by atoms with Crippen LogP contribution in [0.1, 0.15) is 20.7 Å². The van der Waals surface area contributed by atoms with Crippen LogP contribution in [0.4, 0.5) is 0 Å². The Morgan fingerprint density at radius 2 is 1.96 bits per heavy atom. The van der Waals surface area contributed by atoms with Crippen LogP contribution in [0, 0.1) is 0 Å². The van der Waals surface area contributed by atoms with Crippen LogP contribution in [-0.4, -0.2) is 38.4 Å². The molecule has 0 saturated carbocycles. The summed E-state index contributed by atoms with van der Waals surface area (Å²) in [5.41, 5.74) is 7.05. The van der Waals surface area contributed by atoms with Gasteiger partial charge in [-0.3, -0.25) is 14.3 Å². The molecule has 9 nitrogen and oxygen atoms in total. The monoisotopic (exact) mass is 380 g/mol. The molecule has 2 aromatic heterocycles. The molecular weight excluding hydrogens is 364 g/mol. The second-order valence-corrected chi connectivity index (χ2v) is 6.32. The molecule has 1 amide bonds. The summed E-state index contributed by atoms with van der Waals surface area (Å²) in [6.45, 7) is 0.934. The van der Waals surface area contributed by atoms with E-state index in [1.807, 2.05) is 0 Å². The van der Waals surface area contributed by atoms with E-state index in [0.717, 1.165) is 0 Å². The first-order valence-electron chi connectivity index (χ1n) is 8.44. The van der Waals surface area contributed by atoms with E-state index in [0.29, 0.717) is 41.5 Å². The number of primary amides is 1. The number of aryl methyl sites for hydroxylation is 2. The Labute approximate surface area is 158 Å². The molecule has 1 aromatic carbocycles. The summed E-state index contributed by atoms with van der Waals surface area (Å²) < 4.78 is 8.80. The van der Waals surface area contributed by atoms with E-state index in [1.54, 1.807) is 33.5 Å². The van der Waals surface area contributed by atoms with E-state index in [9.17, 15) is 14.4 Å². The van der Waals surface area contributed by atoms with Gasteiger partial charge >= 0.3 is 5.97 Å². The number of benzene rings is 1. The first kappa shape index (κ1) is 17.5. The summed E-state index contributed by atoms with van der Waals surface area (Å²) in [4.78, 5) is 35.3. The van der Waals surface area contributed by atoms with Gasteiger partial charge in [-0.25, -0.2) is 4.79 Å². The molecule has 0 bridgehead atoms. The number of ether oxygens (including phenoxy) is 1. The molecule has 3 aromatic rings. The highest BCUT2D eigenvalue weighted by Crippen LogP contribution is 2.35. The van der Waals surface area contributed by atoms with Crippen LogP contribution in [0.2, 0.25) is 0 Å². The van der Waals surface area contributed by atoms with E-state index in [-0.39, 0.29) is 11.1 Å². The normalized spacial score (nSPS) is 12.2. The summed E-state index contributed by atoms with van der Waals surface area (Å²) in [5, 5.41) is 13.7. The fourth-order valence-corrected chi connectivity index (χ4v) is 3.43. The Hall–Kier alpha value is -3.88. The third-order valence-corrected chi connectivity index (χ3v) is 4.72. The van der Waals surface area contributed by atoms with Crippen molar-refractivity contribution >= 4 is 11.9 Å². The van der Waals surface area contributed by atoms with Crippen molar-refractivity contribution in [1.82, 2.24) is 14.3 Å². The minimum absolute atomic E-state index is 0.272.